The molecule has 2 atom stereocenters. The second kappa shape index (κ2) is 5.23. The van der Waals surface area contributed by atoms with E-state index in [2.05, 4.69) is 0 Å². The highest BCUT2D eigenvalue weighted by molar-refractivity contribution is 8.00. The molecular weight excluding hydrogens is 244 g/mol. The van der Waals surface area contributed by atoms with Crippen molar-refractivity contribution in [1.29, 1.82) is 0 Å². The number of nitrogens with two attached hydrogens (primary N) is 1. The van der Waals surface area contributed by atoms with Gasteiger partial charge in [0.1, 0.15) is 0 Å². The zero-order valence-corrected chi connectivity index (χ0v) is 10.3. The highest BCUT2D eigenvalue weighted by Crippen LogP contribution is 2.38. The predicted molar refractivity (Wildman–Crippen MR) is 65.5 cm³/mol. The largest absolute Gasteiger partial charge is 0.399 e. The molecule has 0 bridgehead atoms. The third-order valence-electron chi connectivity index (χ3n) is 2.85. The summed E-state index contributed by atoms with van der Waals surface area (Å²) in [5.41, 5.74) is 5.93. The number of rotatable bonds is 3. The number of anilines is 1. The minimum atomic E-state index is -2.49. The average molecular weight is 259 g/mol. The van der Waals surface area contributed by atoms with Crippen molar-refractivity contribution < 1.29 is 13.5 Å². The van der Waals surface area contributed by atoms with Crippen LogP contribution in [-0.2, 0) is 4.74 Å². The fourth-order valence-corrected chi connectivity index (χ4v) is 3.12. The van der Waals surface area contributed by atoms with E-state index in [9.17, 15) is 8.78 Å². The molecule has 1 fully saturated rings. The van der Waals surface area contributed by atoms with Crippen molar-refractivity contribution in [2.45, 2.75) is 36.0 Å². The molecule has 1 aliphatic rings. The van der Waals surface area contributed by atoms with E-state index in [0.29, 0.717) is 17.2 Å². The Morgan fingerprint density at radius 2 is 2.24 bits per heavy atom. The quantitative estimate of drug-likeness (QED) is 0.844. The number of hydrogen-bond acceptors (Lipinski definition) is 3. The van der Waals surface area contributed by atoms with Crippen LogP contribution < -0.4 is 5.73 Å². The maximum atomic E-state index is 12.9. The van der Waals surface area contributed by atoms with Gasteiger partial charge in [0.15, 0.2) is 0 Å². The molecule has 5 heteroatoms. The second-order valence-corrected chi connectivity index (χ2v) is 5.40. The van der Waals surface area contributed by atoms with Crippen LogP contribution in [0.2, 0.25) is 0 Å². The van der Waals surface area contributed by atoms with E-state index in [1.165, 1.54) is 17.8 Å². The van der Waals surface area contributed by atoms with Gasteiger partial charge in [-0.1, -0.05) is 0 Å². The van der Waals surface area contributed by atoms with Gasteiger partial charge in [0.25, 0.3) is 6.43 Å². The van der Waals surface area contributed by atoms with E-state index in [4.69, 9.17) is 10.5 Å². The Hall–Kier alpha value is -0.810. The van der Waals surface area contributed by atoms with E-state index < -0.39 is 6.43 Å². The van der Waals surface area contributed by atoms with E-state index >= 15 is 0 Å². The van der Waals surface area contributed by atoms with Crippen molar-refractivity contribution in [3.63, 3.8) is 0 Å². The molecule has 1 aromatic rings. The van der Waals surface area contributed by atoms with Crippen LogP contribution in [0.3, 0.4) is 0 Å². The van der Waals surface area contributed by atoms with E-state index in [-0.39, 0.29) is 16.9 Å². The number of alkyl halides is 2. The third kappa shape index (κ3) is 2.90. The highest BCUT2D eigenvalue weighted by atomic mass is 32.2. The average Bonchev–Trinajstić information content (AvgIpc) is 2.67. The van der Waals surface area contributed by atoms with Crippen LogP contribution in [-0.4, -0.2) is 18.0 Å². The summed E-state index contributed by atoms with van der Waals surface area (Å²) in [7, 11) is 0. The van der Waals surface area contributed by atoms with Crippen molar-refractivity contribution in [2.75, 3.05) is 12.3 Å². The summed E-state index contributed by atoms with van der Waals surface area (Å²) in [5.74, 6) is 0. The molecule has 0 spiro atoms. The van der Waals surface area contributed by atoms with Crippen molar-refractivity contribution in [2.24, 2.45) is 0 Å². The van der Waals surface area contributed by atoms with Crippen LogP contribution in [0.25, 0.3) is 0 Å². The van der Waals surface area contributed by atoms with Gasteiger partial charge in [-0.05, 0) is 31.5 Å². The molecule has 2 N–H and O–H groups in total. The number of benzene rings is 1. The first-order chi connectivity index (χ1) is 8.08. The van der Waals surface area contributed by atoms with Crippen LogP contribution in [0, 0.1) is 0 Å². The lowest BCUT2D eigenvalue weighted by Gasteiger charge is -2.16. The summed E-state index contributed by atoms with van der Waals surface area (Å²) in [6.07, 6.45) is -1.47. The predicted octanol–water partition coefficient (Wildman–Crippen LogP) is 3.48. The molecule has 17 heavy (non-hydrogen) atoms. The first kappa shape index (κ1) is 12.6. The number of nitrogen functional groups attached to an aromatic ring is 1. The fourth-order valence-electron chi connectivity index (χ4n) is 1.87. The van der Waals surface area contributed by atoms with Gasteiger partial charge in [-0.15, -0.1) is 11.8 Å². The van der Waals surface area contributed by atoms with Crippen LogP contribution in [0.4, 0.5) is 14.5 Å². The molecule has 1 aromatic carbocycles. The molecule has 0 saturated carbocycles. The first-order valence-electron chi connectivity index (χ1n) is 5.53. The molecule has 0 radical (unpaired) electrons. The minimum Gasteiger partial charge on any atom is -0.399 e. The normalized spacial score (nSPS) is 24.5. The monoisotopic (exact) mass is 259 g/mol. The van der Waals surface area contributed by atoms with Crippen LogP contribution in [0.1, 0.15) is 25.3 Å². The van der Waals surface area contributed by atoms with Gasteiger partial charge in [-0.25, -0.2) is 8.78 Å². The van der Waals surface area contributed by atoms with Gasteiger partial charge >= 0.3 is 0 Å². The molecule has 1 heterocycles. The number of thioether (sulfide) groups is 1. The lowest BCUT2D eigenvalue weighted by atomic mass is 10.2. The summed E-state index contributed by atoms with van der Waals surface area (Å²) in [6, 6.07) is 4.69. The fraction of sp³-hybridized carbons (Fsp3) is 0.500. The second-order valence-electron chi connectivity index (χ2n) is 4.12. The van der Waals surface area contributed by atoms with E-state index in [0.717, 1.165) is 6.42 Å². The molecule has 0 aliphatic carbocycles. The van der Waals surface area contributed by atoms with Crippen molar-refractivity contribution in [3.8, 4) is 0 Å². The van der Waals surface area contributed by atoms with Crippen molar-refractivity contribution in [1.82, 2.24) is 0 Å². The molecule has 2 unspecified atom stereocenters. The maximum Gasteiger partial charge on any atom is 0.265 e. The Labute approximate surface area is 104 Å². The first-order valence-corrected chi connectivity index (χ1v) is 6.41. The van der Waals surface area contributed by atoms with Crippen LogP contribution in [0.5, 0.6) is 0 Å². The van der Waals surface area contributed by atoms with Gasteiger partial charge in [0, 0.05) is 28.0 Å². The van der Waals surface area contributed by atoms with Crippen LogP contribution >= 0.6 is 11.8 Å². The lowest BCUT2D eigenvalue weighted by Crippen LogP contribution is -2.13. The standard InChI is InChI=1S/C12H15F2NOS/c1-7-10(4-5-16-7)17-11-3-2-8(15)6-9(11)12(13)14/h2-3,6-7,10,12H,4-5,15H2,1H3. The Bertz CT molecular complexity index is 400. The SMILES string of the molecule is CC1OCCC1Sc1ccc(N)cc1C(F)F. The Morgan fingerprint density at radius 3 is 2.82 bits per heavy atom. The van der Waals surface area contributed by atoms with Gasteiger partial charge in [-0.2, -0.15) is 0 Å². The number of halogens is 2. The molecule has 94 valence electrons. The summed E-state index contributed by atoms with van der Waals surface area (Å²) in [4.78, 5) is 0.608. The van der Waals surface area contributed by atoms with Gasteiger partial charge in [-0.3, -0.25) is 0 Å². The van der Waals surface area contributed by atoms with E-state index in [1.54, 1.807) is 12.1 Å². The van der Waals surface area contributed by atoms with Crippen molar-refractivity contribution >= 4 is 17.4 Å². The number of hydrogen-bond donors (Lipinski definition) is 1. The van der Waals surface area contributed by atoms with Gasteiger partial charge < -0.3 is 10.5 Å². The molecular formula is C12H15F2NOS. The minimum absolute atomic E-state index is 0.0223. The highest BCUT2D eigenvalue weighted by Gasteiger charge is 2.27. The molecule has 2 rings (SSSR count). The molecule has 0 amide bonds. The topological polar surface area (TPSA) is 35.2 Å². The Morgan fingerprint density at radius 1 is 1.47 bits per heavy atom. The summed E-state index contributed by atoms with van der Waals surface area (Å²) >= 11 is 1.46. The molecule has 0 aromatic heterocycles. The van der Waals surface area contributed by atoms with Gasteiger partial charge in [0.2, 0.25) is 0 Å². The third-order valence-corrected chi connectivity index (χ3v) is 4.40. The molecule has 2 nitrogen and oxygen atoms in total. The zero-order valence-electron chi connectivity index (χ0n) is 9.53. The Kier molecular flexibility index (Phi) is 3.89. The number of ether oxygens (including phenoxy) is 1. The van der Waals surface area contributed by atoms with Gasteiger partial charge in [0.05, 0.1) is 6.10 Å². The molecule has 1 aliphatic heterocycles. The maximum absolute atomic E-state index is 12.9. The summed E-state index contributed by atoms with van der Waals surface area (Å²) in [6.45, 7) is 2.68. The smallest absolute Gasteiger partial charge is 0.265 e. The van der Waals surface area contributed by atoms with Crippen LogP contribution in [0.15, 0.2) is 23.1 Å². The molecule has 1 saturated heterocycles. The summed E-state index contributed by atoms with van der Waals surface area (Å²) in [5, 5.41) is 0.246. The summed E-state index contributed by atoms with van der Waals surface area (Å²) < 4.78 is 31.2. The Balaban J connectivity index is 2.19. The van der Waals surface area contributed by atoms with E-state index in [1.807, 2.05) is 6.92 Å². The lowest BCUT2D eigenvalue weighted by molar-refractivity contribution is 0.127. The zero-order chi connectivity index (χ0) is 12.4. The van der Waals surface area contributed by atoms with Crippen molar-refractivity contribution in [3.05, 3.63) is 23.8 Å².